The molecule has 0 aromatic heterocycles. The quantitative estimate of drug-likeness (QED) is 0.354. The first kappa shape index (κ1) is 23.2. The van der Waals surface area contributed by atoms with Crippen LogP contribution in [0.25, 0.3) is 0 Å². The molecule has 4 rings (SSSR count). The third-order valence-electron chi connectivity index (χ3n) is 6.20. The first-order valence-electron chi connectivity index (χ1n) is 11.3. The summed E-state index contributed by atoms with van der Waals surface area (Å²) in [7, 11) is -4.38. The van der Waals surface area contributed by atoms with Gasteiger partial charge in [-0.2, -0.15) is 8.42 Å². The zero-order valence-electron chi connectivity index (χ0n) is 19.5. The van der Waals surface area contributed by atoms with Crippen LogP contribution in [0.15, 0.2) is 77.7 Å². The Bertz CT molecular complexity index is 1260. The second kappa shape index (κ2) is 9.12. The van der Waals surface area contributed by atoms with E-state index in [2.05, 4.69) is 62.6 Å². The molecule has 3 aromatic carbocycles. The van der Waals surface area contributed by atoms with Crippen molar-refractivity contribution in [2.75, 3.05) is 11.4 Å². The van der Waals surface area contributed by atoms with Crippen molar-refractivity contribution in [1.29, 1.82) is 0 Å². The van der Waals surface area contributed by atoms with Gasteiger partial charge in [-0.1, -0.05) is 88.4 Å². The molecule has 1 atom stereocenters. The molecule has 1 N–H and O–H groups in total. The van der Waals surface area contributed by atoms with Crippen LogP contribution in [0.2, 0.25) is 0 Å². The maximum absolute atomic E-state index is 12.2. The molecular weight excluding hydrogens is 432 g/mol. The fraction of sp³-hybridized carbons (Fsp3) is 0.296. The monoisotopic (exact) mass is 463 g/mol. The predicted octanol–water partition coefficient (Wildman–Crippen LogP) is 6.11. The van der Waals surface area contributed by atoms with Crippen LogP contribution in [0.5, 0.6) is 0 Å². The lowest BCUT2D eigenvalue weighted by Crippen LogP contribution is -2.25. The Kier molecular flexibility index (Phi) is 6.41. The van der Waals surface area contributed by atoms with Crippen LogP contribution in [-0.2, 0) is 10.1 Å². The van der Waals surface area contributed by atoms with Crippen molar-refractivity contribution in [1.82, 2.24) is 0 Å². The molecule has 3 aromatic rings. The standard InChI is InChI=1S/C27H30N2O3S/c1-19(2)22-13-10-14-23(20(3)4)27(22)28-17-25(21-11-6-5-7-12-21)29(18-28)24-15-8-9-16-26(24)33(30,31)32/h5-16,18-20,25H,17H2,1-4H3/p+1/t25-/m1/s1. The minimum absolute atomic E-state index is 0.0924. The van der Waals surface area contributed by atoms with Crippen molar-refractivity contribution in [3.63, 3.8) is 0 Å². The van der Waals surface area contributed by atoms with Gasteiger partial charge in [0.1, 0.15) is 22.8 Å². The number of benzene rings is 3. The number of anilines is 1. The molecule has 0 fully saturated rings. The van der Waals surface area contributed by atoms with Crippen LogP contribution in [0.4, 0.5) is 11.4 Å². The highest BCUT2D eigenvalue weighted by molar-refractivity contribution is 7.86. The second-order valence-electron chi connectivity index (χ2n) is 9.14. The lowest BCUT2D eigenvalue weighted by atomic mass is 9.92. The van der Waals surface area contributed by atoms with E-state index < -0.39 is 10.1 Å². The van der Waals surface area contributed by atoms with Gasteiger partial charge < -0.3 is 0 Å². The van der Waals surface area contributed by atoms with Gasteiger partial charge >= 0.3 is 0 Å². The van der Waals surface area contributed by atoms with Crippen molar-refractivity contribution in [3.05, 3.63) is 89.5 Å². The summed E-state index contributed by atoms with van der Waals surface area (Å²) in [6.45, 7) is 9.43. The van der Waals surface area contributed by atoms with E-state index in [0.29, 0.717) is 24.1 Å². The molecular formula is C27H31N2O3S+. The summed E-state index contributed by atoms with van der Waals surface area (Å²) in [6, 6.07) is 23.0. The number of nitrogens with zero attached hydrogens (tertiary/aromatic N) is 2. The van der Waals surface area contributed by atoms with Crippen LogP contribution in [0.1, 0.15) is 62.3 Å². The zero-order chi connectivity index (χ0) is 23.8. The van der Waals surface area contributed by atoms with Crippen LogP contribution >= 0.6 is 0 Å². The minimum Gasteiger partial charge on any atom is -0.282 e. The molecule has 6 heteroatoms. The molecule has 0 bridgehead atoms. The third kappa shape index (κ3) is 4.59. The highest BCUT2D eigenvalue weighted by Gasteiger charge is 2.39. The summed E-state index contributed by atoms with van der Waals surface area (Å²) in [5.74, 6) is 0.669. The van der Waals surface area contributed by atoms with E-state index in [1.54, 1.807) is 18.2 Å². The van der Waals surface area contributed by atoms with Gasteiger partial charge in [0, 0.05) is 16.7 Å². The van der Waals surface area contributed by atoms with Crippen molar-refractivity contribution in [2.45, 2.75) is 50.5 Å². The van der Waals surface area contributed by atoms with Crippen molar-refractivity contribution in [2.24, 2.45) is 0 Å². The lowest BCUT2D eigenvalue weighted by Gasteiger charge is -2.19. The maximum Gasteiger partial charge on any atom is 0.298 e. The van der Waals surface area contributed by atoms with Crippen molar-refractivity contribution >= 4 is 27.8 Å². The SMILES string of the molecule is CC(C)c1cccc(C(C)C)c1[N+]1=CN(c2ccccc2S(=O)(=O)O)[C@@H](c2ccccc2)C1. The first-order valence-corrected chi connectivity index (χ1v) is 12.8. The topological polar surface area (TPSA) is 60.6 Å². The molecule has 172 valence electrons. The fourth-order valence-corrected chi connectivity index (χ4v) is 5.29. The molecule has 1 aliphatic rings. The Morgan fingerprint density at radius 3 is 2.00 bits per heavy atom. The molecule has 0 saturated heterocycles. The van der Waals surface area contributed by atoms with Crippen LogP contribution in [-0.4, -0.2) is 30.4 Å². The molecule has 5 nitrogen and oxygen atoms in total. The average molecular weight is 464 g/mol. The second-order valence-corrected chi connectivity index (χ2v) is 10.5. The molecule has 33 heavy (non-hydrogen) atoms. The Labute approximate surface area is 196 Å². The van der Waals surface area contributed by atoms with Crippen molar-refractivity contribution in [3.8, 4) is 0 Å². The summed E-state index contributed by atoms with van der Waals surface area (Å²) in [4.78, 5) is 1.88. The van der Waals surface area contributed by atoms with E-state index in [0.717, 1.165) is 5.56 Å². The summed E-state index contributed by atoms with van der Waals surface area (Å²) in [6.07, 6.45) is 1.99. The summed E-state index contributed by atoms with van der Waals surface area (Å²) < 4.78 is 36.5. The van der Waals surface area contributed by atoms with Crippen LogP contribution < -0.4 is 4.90 Å². The molecule has 0 aliphatic carbocycles. The van der Waals surface area contributed by atoms with Gasteiger partial charge in [0.25, 0.3) is 10.1 Å². The van der Waals surface area contributed by atoms with Gasteiger partial charge in [-0.05, 0) is 24.0 Å². The van der Waals surface area contributed by atoms with Gasteiger partial charge in [0.05, 0.1) is 0 Å². The summed E-state index contributed by atoms with van der Waals surface area (Å²) >= 11 is 0. The van der Waals surface area contributed by atoms with E-state index in [9.17, 15) is 13.0 Å². The van der Waals surface area contributed by atoms with Gasteiger partial charge in [-0.3, -0.25) is 4.55 Å². The number of para-hydroxylation sites is 2. The molecule has 0 amide bonds. The fourth-order valence-electron chi connectivity index (χ4n) is 4.60. The molecule has 0 unspecified atom stereocenters. The number of rotatable bonds is 6. The Balaban J connectivity index is 1.94. The van der Waals surface area contributed by atoms with E-state index in [1.807, 2.05) is 29.4 Å². The Morgan fingerprint density at radius 2 is 1.42 bits per heavy atom. The van der Waals surface area contributed by atoms with E-state index in [1.165, 1.54) is 22.9 Å². The zero-order valence-corrected chi connectivity index (χ0v) is 20.3. The normalized spacial score (nSPS) is 16.5. The van der Waals surface area contributed by atoms with Crippen LogP contribution in [0, 0.1) is 0 Å². The molecule has 0 spiro atoms. The van der Waals surface area contributed by atoms with E-state index >= 15 is 0 Å². The molecule has 0 radical (unpaired) electrons. The summed E-state index contributed by atoms with van der Waals surface area (Å²) in [5, 5.41) is 0. The number of hydrogen-bond acceptors (Lipinski definition) is 3. The molecule has 1 aliphatic heterocycles. The smallest absolute Gasteiger partial charge is 0.282 e. The van der Waals surface area contributed by atoms with Gasteiger partial charge in [-0.25, -0.2) is 9.48 Å². The maximum atomic E-state index is 12.2. The minimum atomic E-state index is -4.38. The Morgan fingerprint density at radius 1 is 0.848 bits per heavy atom. The molecule has 1 heterocycles. The van der Waals surface area contributed by atoms with Gasteiger partial charge in [0.15, 0.2) is 6.04 Å². The van der Waals surface area contributed by atoms with Crippen LogP contribution in [0.3, 0.4) is 0 Å². The van der Waals surface area contributed by atoms with Gasteiger partial charge in [0.2, 0.25) is 6.34 Å². The summed E-state index contributed by atoms with van der Waals surface area (Å²) in [5.41, 5.74) is 5.23. The third-order valence-corrected chi connectivity index (χ3v) is 7.11. The largest absolute Gasteiger partial charge is 0.298 e. The van der Waals surface area contributed by atoms with Gasteiger partial charge in [-0.15, -0.1) is 0 Å². The first-order chi connectivity index (χ1) is 15.7. The number of hydrogen-bond donors (Lipinski definition) is 1. The Hall–Kier alpha value is -2.96. The van der Waals surface area contributed by atoms with E-state index in [-0.39, 0.29) is 10.9 Å². The highest BCUT2D eigenvalue weighted by Crippen LogP contribution is 2.40. The van der Waals surface area contributed by atoms with Crippen molar-refractivity contribution < 1.29 is 17.5 Å². The lowest BCUT2D eigenvalue weighted by molar-refractivity contribution is -0.430. The molecule has 0 saturated carbocycles. The van der Waals surface area contributed by atoms with E-state index in [4.69, 9.17) is 0 Å². The highest BCUT2D eigenvalue weighted by atomic mass is 32.2. The predicted molar refractivity (Wildman–Crippen MR) is 133 cm³/mol. The average Bonchev–Trinajstić information content (AvgIpc) is 3.23.